The second kappa shape index (κ2) is 9.88. The van der Waals surface area contributed by atoms with Gasteiger partial charge in [-0.1, -0.05) is 56.1 Å². The second-order valence-corrected chi connectivity index (χ2v) is 8.01. The molecule has 148 valence electrons. The number of aliphatic hydroxyl groups is 1. The largest absolute Gasteiger partial charge is 0.494 e. The van der Waals surface area contributed by atoms with Crippen LogP contribution in [0.15, 0.2) is 36.4 Å². The van der Waals surface area contributed by atoms with Crippen molar-refractivity contribution in [1.82, 2.24) is 0 Å². The van der Waals surface area contributed by atoms with Gasteiger partial charge in [-0.15, -0.1) is 11.6 Å². The Labute approximate surface area is 176 Å². The van der Waals surface area contributed by atoms with E-state index in [-0.39, 0.29) is 17.9 Å². The molecule has 27 heavy (non-hydrogen) atoms. The first kappa shape index (κ1) is 22.2. The Morgan fingerprint density at radius 1 is 1.00 bits per heavy atom. The number of aliphatic hydroxyl groups excluding tert-OH is 1. The summed E-state index contributed by atoms with van der Waals surface area (Å²) in [5, 5.41) is 10.4. The van der Waals surface area contributed by atoms with Crippen molar-refractivity contribution in [3.05, 3.63) is 57.6 Å². The zero-order chi connectivity index (χ0) is 20.0. The van der Waals surface area contributed by atoms with Crippen molar-refractivity contribution in [2.75, 3.05) is 19.1 Å². The highest BCUT2D eigenvalue weighted by atomic mass is 35.5. The lowest BCUT2D eigenvalue weighted by molar-refractivity contribution is 0.125. The minimum Gasteiger partial charge on any atom is -0.494 e. The first-order chi connectivity index (χ1) is 12.8. The molecule has 0 aromatic heterocycles. The molecule has 0 bridgehead atoms. The van der Waals surface area contributed by atoms with E-state index in [0.717, 1.165) is 23.3 Å². The van der Waals surface area contributed by atoms with Crippen LogP contribution in [0, 0.1) is 0 Å². The molecule has 0 unspecified atom stereocenters. The first-order valence-corrected chi connectivity index (χ1v) is 10.2. The summed E-state index contributed by atoms with van der Waals surface area (Å²) in [4.78, 5) is 0. The zero-order valence-corrected chi connectivity index (χ0v) is 18.0. The highest BCUT2D eigenvalue weighted by molar-refractivity contribution is 6.37. The van der Waals surface area contributed by atoms with Gasteiger partial charge in [-0.25, -0.2) is 0 Å². The molecular formula is C21H25Cl3O3. The Hall–Kier alpha value is -1.13. The Bertz CT molecular complexity index is 722. The molecule has 1 atom stereocenters. The summed E-state index contributed by atoms with van der Waals surface area (Å²) in [5.41, 5.74) is 1.76. The van der Waals surface area contributed by atoms with E-state index in [2.05, 4.69) is 20.8 Å². The van der Waals surface area contributed by atoms with Crippen molar-refractivity contribution < 1.29 is 14.6 Å². The summed E-state index contributed by atoms with van der Waals surface area (Å²) in [6.07, 6.45) is 0.198. The molecule has 2 aromatic rings. The Morgan fingerprint density at radius 2 is 1.59 bits per heavy atom. The van der Waals surface area contributed by atoms with Crippen LogP contribution >= 0.6 is 34.8 Å². The maximum atomic E-state index is 9.56. The van der Waals surface area contributed by atoms with Gasteiger partial charge >= 0.3 is 0 Å². The maximum absolute atomic E-state index is 9.56. The van der Waals surface area contributed by atoms with Crippen molar-refractivity contribution in [2.45, 2.75) is 38.7 Å². The van der Waals surface area contributed by atoms with Gasteiger partial charge in [0, 0.05) is 5.41 Å². The predicted molar refractivity (Wildman–Crippen MR) is 113 cm³/mol. The van der Waals surface area contributed by atoms with Gasteiger partial charge in [0.25, 0.3) is 0 Å². The molecule has 0 amide bonds. The lowest BCUT2D eigenvalue weighted by Crippen LogP contribution is -2.20. The first-order valence-electron chi connectivity index (χ1n) is 8.89. The Morgan fingerprint density at radius 3 is 2.11 bits per heavy atom. The van der Waals surface area contributed by atoms with Crippen LogP contribution in [0.25, 0.3) is 0 Å². The molecule has 6 heteroatoms. The van der Waals surface area contributed by atoms with Crippen molar-refractivity contribution >= 4 is 34.8 Å². The Kier molecular flexibility index (Phi) is 8.11. The van der Waals surface area contributed by atoms with E-state index in [1.54, 1.807) is 0 Å². The zero-order valence-electron chi connectivity index (χ0n) is 15.8. The number of benzene rings is 2. The summed E-state index contributed by atoms with van der Waals surface area (Å²) >= 11 is 18.4. The minimum absolute atomic E-state index is 0.0326. The monoisotopic (exact) mass is 430 g/mol. The van der Waals surface area contributed by atoms with Crippen molar-refractivity contribution in [3.63, 3.8) is 0 Å². The van der Waals surface area contributed by atoms with Gasteiger partial charge in [-0.3, -0.25) is 0 Å². The maximum Gasteiger partial charge on any atom is 0.156 e. The number of alkyl halides is 1. The highest BCUT2D eigenvalue weighted by Gasteiger charge is 2.26. The molecule has 2 aromatic carbocycles. The molecule has 0 saturated carbocycles. The van der Waals surface area contributed by atoms with E-state index in [9.17, 15) is 5.11 Å². The van der Waals surface area contributed by atoms with Crippen LogP contribution in [0.1, 0.15) is 38.3 Å². The van der Waals surface area contributed by atoms with Gasteiger partial charge in [-0.2, -0.15) is 0 Å². The Balaban J connectivity index is 2.25. The third kappa shape index (κ3) is 5.68. The average molecular weight is 432 g/mol. The van der Waals surface area contributed by atoms with Gasteiger partial charge in [0.15, 0.2) is 5.75 Å². The number of ether oxygens (including phenoxy) is 2. The van der Waals surface area contributed by atoms with Crippen LogP contribution in [0.3, 0.4) is 0 Å². The summed E-state index contributed by atoms with van der Waals surface area (Å²) in [6.45, 7) is 7.02. The smallest absolute Gasteiger partial charge is 0.156 e. The van der Waals surface area contributed by atoms with Gasteiger partial charge in [-0.05, 0) is 41.8 Å². The molecule has 0 aliphatic rings. The summed E-state index contributed by atoms with van der Waals surface area (Å²) in [6, 6.07) is 11.7. The summed E-state index contributed by atoms with van der Waals surface area (Å²) < 4.78 is 11.2. The number of rotatable bonds is 9. The van der Waals surface area contributed by atoms with Gasteiger partial charge in [0.2, 0.25) is 0 Å². The second-order valence-electron chi connectivity index (χ2n) is 6.89. The standard InChI is InChI=1S/C21H25Cl3O3/c1-4-9-26-17-7-5-14(6-8-17)21(2,3)15-10-18(23)20(19(24)11-15)27-13-16(25)12-22/h5-8,10-11,16,25H,4,9,12-13H2,1-3H3/t16-/m1/s1. The fourth-order valence-electron chi connectivity index (χ4n) is 2.64. The van der Waals surface area contributed by atoms with Crippen LogP contribution in [0.5, 0.6) is 11.5 Å². The quantitative estimate of drug-likeness (QED) is 0.488. The van der Waals surface area contributed by atoms with E-state index in [0.29, 0.717) is 22.4 Å². The molecule has 0 aliphatic carbocycles. The van der Waals surface area contributed by atoms with Crippen LogP contribution in [-0.4, -0.2) is 30.3 Å². The van der Waals surface area contributed by atoms with E-state index in [1.165, 1.54) is 0 Å². The summed E-state index contributed by atoms with van der Waals surface area (Å²) in [7, 11) is 0. The SMILES string of the molecule is CCCOc1ccc(C(C)(C)c2cc(Cl)c(OC[C@H](O)CCl)c(Cl)c2)cc1. The van der Waals surface area contributed by atoms with E-state index < -0.39 is 6.10 Å². The van der Waals surface area contributed by atoms with Crippen molar-refractivity contribution in [3.8, 4) is 11.5 Å². The molecule has 0 aliphatic heterocycles. The van der Waals surface area contributed by atoms with E-state index in [4.69, 9.17) is 44.3 Å². The molecule has 0 saturated heterocycles. The van der Waals surface area contributed by atoms with Crippen LogP contribution in [0.2, 0.25) is 10.0 Å². The third-order valence-corrected chi connectivity index (χ3v) is 5.28. The van der Waals surface area contributed by atoms with Crippen molar-refractivity contribution in [1.29, 1.82) is 0 Å². The summed E-state index contributed by atoms with van der Waals surface area (Å²) in [5.74, 6) is 1.29. The third-order valence-electron chi connectivity index (χ3n) is 4.37. The van der Waals surface area contributed by atoms with Crippen molar-refractivity contribution in [2.24, 2.45) is 0 Å². The molecule has 2 rings (SSSR count). The molecular weight excluding hydrogens is 407 g/mol. The minimum atomic E-state index is -0.775. The molecule has 0 heterocycles. The lowest BCUT2D eigenvalue weighted by atomic mass is 9.78. The molecule has 0 radical (unpaired) electrons. The number of hydrogen-bond acceptors (Lipinski definition) is 3. The number of hydrogen-bond donors (Lipinski definition) is 1. The van der Waals surface area contributed by atoms with Crippen LogP contribution < -0.4 is 9.47 Å². The van der Waals surface area contributed by atoms with E-state index >= 15 is 0 Å². The molecule has 3 nitrogen and oxygen atoms in total. The van der Waals surface area contributed by atoms with Crippen LogP contribution in [0.4, 0.5) is 0 Å². The van der Waals surface area contributed by atoms with Gasteiger partial charge in [0.05, 0.1) is 22.5 Å². The average Bonchev–Trinajstić information content (AvgIpc) is 2.65. The normalized spacial score (nSPS) is 12.7. The van der Waals surface area contributed by atoms with Crippen LogP contribution in [-0.2, 0) is 5.41 Å². The molecule has 0 spiro atoms. The lowest BCUT2D eigenvalue weighted by Gasteiger charge is -2.27. The number of halogens is 3. The van der Waals surface area contributed by atoms with Gasteiger partial charge < -0.3 is 14.6 Å². The predicted octanol–water partition coefficient (Wildman–Crippen LogP) is 6.09. The van der Waals surface area contributed by atoms with E-state index in [1.807, 2.05) is 36.4 Å². The molecule has 0 fully saturated rings. The fourth-order valence-corrected chi connectivity index (χ4v) is 3.32. The fraction of sp³-hybridized carbons (Fsp3) is 0.429. The topological polar surface area (TPSA) is 38.7 Å². The van der Waals surface area contributed by atoms with Gasteiger partial charge in [0.1, 0.15) is 18.5 Å². The molecule has 1 N–H and O–H groups in total. The highest BCUT2D eigenvalue weighted by Crippen LogP contribution is 2.40.